The van der Waals surface area contributed by atoms with Crippen molar-refractivity contribution >= 4 is 11.6 Å². The Morgan fingerprint density at radius 2 is 1.74 bits per heavy atom. The van der Waals surface area contributed by atoms with Gasteiger partial charge in [-0.3, -0.25) is 4.79 Å². The molecule has 1 amide bonds. The molecule has 0 saturated carbocycles. The summed E-state index contributed by atoms with van der Waals surface area (Å²) in [4.78, 5) is 19.2. The molecule has 136 valence electrons. The molecule has 3 aromatic rings. The highest BCUT2D eigenvalue weighted by Crippen LogP contribution is 2.24. The predicted molar refractivity (Wildman–Crippen MR) is 108 cm³/mol. The van der Waals surface area contributed by atoms with Gasteiger partial charge in [-0.1, -0.05) is 54.6 Å². The molecular formula is C23H23N3O. The van der Waals surface area contributed by atoms with E-state index in [1.165, 1.54) is 11.1 Å². The first-order valence-electron chi connectivity index (χ1n) is 9.34. The molecule has 27 heavy (non-hydrogen) atoms. The number of carbonyl (C=O) groups excluding carboxylic acids is 1. The van der Waals surface area contributed by atoms with Gasteiger partial charge in [-0.15, -0.1) is 0 Å². The third-order valence-electron chi connectivity index (χ3n) is 5.12. The minimum absolute atomic E-state index is 0.0567. The molecule has 1 aromatic heterocycles. The molecular weight excluding hydrogens is 334 g/mol. The highest BCUT2D eigenvalue weighted by Gasteiger charge is 2.17. The fourth-order valence-electron chi connectivity index (χ4n) is 3.52. The number of nitrogens with zero attached hydrogens (tertiary/aromatic N) is 2. The van der Waals surface area contributed by atoms with Crippen molar-refractivity contribution in [2.75, 3.05) is 11.4 Å². The normalized spacial score (nSPS) is 14.3. The molecule has 0 radical (unpaired) electrons. The molecule has 1 unspecified atom stereocenters. The highest BCUT2D eigenvalue weighted by atomic mass is 16.1. The van der Waals surface area contributed by atoms with Gasteiger partial charge in [0, 0.05) is 13.1 Å². The number of carbonyl (C=O) groups is 1. The van der Waals surface area contributed by atoms with Crippen molar-refractivity contribution in [2.24, 2.45) is 0 Å². The van der Waals surface area contributed by atoms with Crippen LogP contribution in [0.1, 0.15) is 40.1 Å². The number of hydrogen-bond donors (Lipinski definition) is 1. The van der Waals surface area contributed by atoms with Crippen LogP contribution < -0.4 is 10.2 Å². The summed E-state index contributed by atoms with van der Waals surface area (Å²) in [7, 11) is 0. The summed E-state index contributed by atoms with van der Waals surface area (Å²) in [6, 6.07) is 22.2. The number of nitrogens with one attached hydrogen (secondary N) is 1. The number of amides is 1. The molecule has 2 aromatic carbocycles. The SMILES string of the molecule is CC(NC(=O)c1ccc(N2CCc3ccccc3C2)cn1)c1ccccc1. The van der Waals surface area contributed by atoms with Gasteiger partial charge in [0.2, 0.25) is 0 Å². The number of fused-ring (bicyclic) bond motifs is 1. The maximum atomic E-state index is 12.5. The smallest absolute Gasteiger partial charge is 0.270 e. The number of benzene rings is 2. The monoisotopic (exact) mass is 357 g/mol. The second-order valence-corrected chi connectivity index (χ2v) is 6.95. The topological polar surface area (TPSA) is 45.2 Å². The molecule has 1 aliphatic rings. The summed E-state index contributed by atoms with van der Waals surface area (Å²) in [6.45, 7) is 3.83. The first-order valence-corrected chi connectivity index (χ1v) is 9.34. The van der Waals surface area contributed by atoms with Crippen LogP contribution in [0.3, 0.4) is 0 Å². The first-order chi connectivity index (χ1) is 13.2. The second kappa shape index (κ2) is 7.62. The van der Waals surface area contributed by atoms with E-state index in [0.717, 1.165) is 30.8 Å². The van der Waals surface area contributed by atoms with Crippen LogP contribution in [-0.4, -0.2) is 17.4 Å². The lowest BCUT2D eigenvalue weighted by molar-refractivity contribution is 0.0935. The van der Waals surface area contributed by atoms with Crippen LogP contribution >= 0.6 is 0 Å². The third kappa shape index (κ3) is 3.85. The van der Waals surface area contributed by atoms with E-state index >= 15 is 0 Å². The summed E-state index contributed by atoms with van der Waals surface area (Å²) < 4.78 is 0. The third-order valence-corrected chi connectivity index (χ3v) is 5.12. The zero-order chi connectivity index (χ0) is 18.6. The van der Waals surface area contributed by atoms with Crippen molar-refractivity contribution in [2.45, 2.75) is 25.9 Å². The summed E-state index contributed by atoms with van der Waals surface area (Å²) in [5.41, 5.74) is 5.36. The summed E-state index contributed by atoms with van der Waals surface area (Å²) >= 11 is 0. The van der Waals surface area contributed by atoms with E-state index in [-0.39, 0.29) is 11.9 Å². The number of hydrogen-bond acceptors (Lipinski definition) is 3. The lowest BCUT2D eigenvalue weighted by Crippen LogP contribution is -2.31. The molecule has 0 spiro atoms. The van der Waals surface area contributed by atoms with E-state index < -0.39 is 0 Å². The number of anilines is 1. The van der Waals surface area contributed by atoms with Gasteiger partial charge in [0.15, 0.2) is 0 Å². The Labute approximate surface area is 159 Å². The standard InChI is InChI=1S/C23H23N3O/c1-17(18-7-3-2-4-8-18)25-23(27)22-12-11-21(15-24-22)26-14-13-19-9-5-6-10-20(19)16-26/h2-12,15,17H,13-14,16H2,1H3,(H,25,27). The zero-order valence-electron chi connectivity index (χ0n) is 15.4. The Morgan fingerprint density at radius 1 is 1.00 bits per heavy atom. The van der Waals surface area contributed by atoms with Gasteiger partial charge in [-0.25, -0.2) is 4.98 Å². The van der Waals surface area contributed by atoms with Crippen LogP contribution in [0.15, 0.2) is 72.9 Å². The summed E-state index contributed by atoms with van der Waals surface area (Å²) in [5.74, 6) is -0.151. The molecule has 4 nitrogen and oxygen atoms in total. The maximum Gasteiger partial charge on any atom is 0.270 e. The lowest BCUT2D eigenvalue weighted by Gasteiger charge is -2.30. The molecule has 0 saturated heterocycles. The average Bonchev–Trinajstić information content (AvgIpc) is 2.74. The van der Waals surface area contributed by atoms with Crippen molar-refractivity contribution in [1.82, 2.24) is 10.3 Å². The zero-order valence-corrected chi connectivity index (χ0v) is 15.4. The van der Waals surface area contributed by atoms with Crippen molar-refractivity contribution < 1.29 is 4.79 Å². The van der Waals surface area contributed by atoms with Crippen molar-refractivity contribution in [3.63, 3.8) is 0 Å². The van der Waals surface area contributed by atoms with E-state index in [2.05, 4.69) is 39.5 Å². The Morgan fingerprint density at radius 3 is 2.48 bits per heavy atom. The van der Waals surface area contributed by atoms with Crippen molar-refractivity contribution in [3.05, 3.63) is 95.3 Å². The minimum Gasteiger partial charge on any atom is -0.366 e. The van der Waals surface area contributed by atoms with Gasteiger partial charge >= 0.3 is 0 Å². The number of pyridine rings is 1. The predicted octanol–water partition coefficient (Wildman–Crippen LogP) is 4.14. The van der Waals surface area contributed by atoms with E-state index in [1.807, 2.05) is 49.4 Å². The Balaban J connectivity index is 1.42. The van der Waals surface area contributed by atoms with Crippen LogP contribution in [-0.2, 0) is 13.0 Å². The van der Waals surface area contributed by atoms with E-state index in [1.54, 1.807) is 6.20 Å². The highest BCUT2D eigenvalue weighted by molar-refractivity contribution is 5.92. The Bertz CT molecular complexity index is 922. The van der Waals surface area contributed by atoms with Crippen LogP contribution in [0.4, 0.5) is 5.69 Å². The maximum absolute atomic E-state index is 12.5. The van der Waals surface area contributed by atoms with Gasteiger partial charge in [-0.05, 0) is 42.2 Å². The number of aromatic nitrogens is 1. The van der Waals surface area contributed by atoms with Gasteiger partial charge in [0.05, 0.1) is 17.9 Å². The van der Waals surface area contributed by atoms with Crippen molar-refractivity contribution in [1.29, 1.82) is 0 Å². The minimum atomic E-state index is -0.151. The quantitative estimate of drug-likeness (QED) is 0.763. The Kier molecular flexibility index (Phi) is 4.88. The second-order valence-electron chi connectivity index (χ2n) is 6.95. The molecule has 1 atom stereocenters. The van der Waals surface area contributed by atoms with Crippen LogP contribution in [0.25, 0.3) is 0 Å². The molecule has 1 N–H and O–H groups in total. The van der Waals surface area contributed by atoms with Gasteiger partial charge in [0.25, 0.3) is 5.91 Å². The molecule has 2 heterocycles. The molecule has 4 heteroatoms. The first kappa shape index (κ1) is 17.3. The summed E-state index contributed by atoms with van der Waals surface area (Å²) in [5, 5.41) is 3.01. The van der Waals surface area contributed by atoms with Gasteiger partial charge in [-0.2, -0.15) is 0 Å². The molecule has 0 bridgehead atoms. The van der Waals surface area contributed by atoms with Crippen LogP contribution in [0.2, 0.25) is 0 Å². The van der Waals surface area contributed by atoms with E-state index in [4.69, 9.17) is 0 Å². The average molecular weight is 357 g/mol. The van der Waals surface area contributed by atoms with Crippen molar-refractivity contribution in [3.8, 4) is 0 Å². The van der Waals surface area contributed by atoms with Gasteiger partial charge < -0.3 is 10.2 Å². The molecule has 4 rings (SSSR count). The molecule has 0 aliphatic carbocycles. The molecule has 1 aliphatic heterocycles. The fraction of sp³-hybridized carbons (Fsp3) is 0.217. The van der Waals surface area contributed by atoms with Crippen LogP contribution in [0.5, 0.6) is 0 Å². The van der Waals surface area contributed by atoms with E-state index in [9.17, 15) is 4.79 Å². The summed E-state index contributed by atoms with van der Waals surface area (Å²) in [6.07, 6.45) is 2.84. The Hall–Kier alpha value is -3.14. The van der Waals surface area contributed by atoms with E-state index in [0.29, 0.717) is 5.69 Å². The molecule has 0 fully saturated rings. The lowest BCUT2D eigenvalue weighted by atomic mass is 10.00. The largest absolute Gasteiger partial charge is 0.366 e. The van der Waals surface area contributed by atoms with Crippen LogP contribution in [0, 0.1) is 0 Å². The van der Waals surface area contributed by atoms with Gasteiger partial charge in [0.1, 0.15) is 5.69 Å². The fourth-order valence-corrected chi connectivity index (χ4v) is 3.52. The number of rotatable bonds is 4.